The Morgan fingerprint density at radius 2 is 1.95 bits per heavy atom. The summed E-state index contributed by atoms with van der Waals surface area (Å²) in [5.41, 5.74) is -1.08. The summed E-state index contributed by atoms with van der Waals surface area (Å²) in [6.07, 6.45) is 1.10. The molecule has 2 aromatic rings. The van der Waals surface area contributed by atoms with E-state index in [1.54, 1.807) is 0 Å². The van der Waals surface area contributed by atoms with Crippen LogP contribution >= 0.6 is 0 Å². The van der Waals surface area contributed by atoms with Gasteiger partial charge in [0.1, 0.15) is 24.0 Å². The van der Waals surface area contributed by atoms with E-state index in [2.05, 4.69) is 4.98 Å². The second-order valence-electron chi connectivity index (χ2n) is 10.3. The van der Waals surface area contributed by atoms with Crippen LogP contribution in [0.5, 0.6) is 5.75 Å². The Kier molecular flexibility index (Phi) is 6.81. The fraction of sp³-hybridized carbons (Fsp3) is 0.538. The average molecular weight is 556 g/mol. The quantitative estimate of drug-likeness (QED) is 0.430. The second-order valence-corrected chi connectivity index (χ2v) is 12.3. The van der Waals surface area contributed by atoms with Crippen LogP contribution in [0.3, 0.4) is 0 Å². The number of anilines is 1. The van der Waals surface area contributed by atoms with Crippen molar-refractivity contribution in [2.75, 3.05) is 18.1 Å². The number of rotatable bonds is 9. The zero-order chi connectivity index (χ0) is 27.3. The molecule has 0 unspecified atom stereocenters. The number of amides is 1. The van der Waals surface area contributed by atoms with Gasteiger partial charge >= 0.3 is 6.18 Å². The van der Waals surface area contributed by atoms with Crippen molar-refractivity contribution >= 4 is 21.7 Å². The van der Waals surface area contributed by atoms with E-state index in [1.807, 2.05) is 16.5 Å². The molecule has 2 saturated carbocycles. The van der Waals surface area contributed by atoms with Crippen molar-refractivity contribution in [3.8, 4) is 5.75 Å². The standard InChI is InChI=1S/C26H29F4N3O4S/c1-2-25(10-3-11-33(25)23-9-6-17(14-31-23)26(28,29)30)15-37-22-13-21(27)20(12-19(22)16-4-5-16)24(34)32-38(35,36)18-7-8-18/h6,9,12-14,16,18H,2-5,7-8,10-11,15H2,1H3,(H,32,34)/t25-/m1/s1. The van der Waals surface area contributed by atoms with Gasteiger partial charge in [-0.1, -0.05) is 6.92 Å². The maximum absolute atomic E-state index is 15.1. The Balaban J connectivity index is 1.37. The maximum atomic E-state index is 15.1. The molecular formula is C26H29F4N3O4S. The topological polar surface area (TPSA) is 88.6 Å². The van der Waals surface area contributed by atoms with Gasteiger partial charge in [-0.2, -0.15) is 13.2 Å². The van der Waals surface area contributed by atoms with Crippen LogP contribution in [0.1, 0.15) is 79.3 Å². The molecule has 0 radical (unpaired) electrons. The number of nitrogens with one attached hydrogen (secondary N) is 1. The molecule has 2 aliphatic carbocycles. The van der Waals surface area contributed by atoms with Crippen LogP contribution in [0.25, 0.3) is 0 Å². The van der Waals surface area contributed by atoms with Crippen molar-refractivity contribution in [2.45, 2.75) is 74.8 Å². The van der Waals surface area contributed by atoms with Gasteiger partial charge in [0.15, 0.2) is 0 Å². The van der Waals surface area contributed by atoms with Crippen LogP contribution in [-0.2, 0) is 16.2 Å². The lowest BCUT2D eigenvalue weighted by molar-refractivity contribution is -0.137. The largest absolute Gasteiger partial charge is 0.491 e. The number of carbonyl (C=O) groups excluding carboxylic acids is 1. The van der Waals surface area contributed by atoms with Crippen molar-refractivity contribution in [1.29, 1.82) is 0 Å². The lowest BCUT2D eigenvalue weighted by Crippen LogP contribution is -2.48. The molecule has 1 aromatic heterocycles. The number of nitrogens with zero attached hydrogens (tertiary/aromatic N) is 2. The minimum absolute atomic E-state index is 0.0750. The summed E-state index contributed by atoms with van der Waals surface area (Å²) in [5.74, 6) is -1.11. The number of sulfonamides is 1. The number of benzene rings is 1. The zero-order valence-electron chi connectivity index (χ0n) is 20.9. The number of carbonyl (C=O) groups is 1. The molecule has 1 saturated heterocycles. The summed E-state index contributed by atoms with van der Waals surface area (Å²) < 4.78 is 86.6. The van der Waals surface area contributed by atoms with Crippen LogP contribution in [-0.4, -0.2) is 43.2 Å². The third-order valence-electron chi connectivity index (χ3n) is 7.66. The van der Waals surface area contributed by atoms with Crippen LogP contribution in [0.4, 0.5) is 23.4 Å². The molecule has 0 spiro atoms. The SMILES string of the molecule is CC[C@]1(COc2cc(F)c(C(=O)NS(=O)(=O)C3CC3)cc2C2CC2)CCCN1c1ccc(C(F)(F)F)cn1. The van der Waals surface area contributed by atoms with E-state index in [0.29, 0.717) is 43.6 Å². The molecule has 3 fully saturated rings. The predicted molar refractivity (Wildman–Crippen MR) is 132 cm³/mol. The Labute approximate surface area is 218 Å². The van der Waals surface area contributed by atoms with Crippen LogP contribution in [0, 0.1) is 5.82 Å². The Hall–Kier alpha value is -2.89. The van der Waals surface area contributed by atoms with Crippen LogP contribution in [0.2, 0.25) is 0 Å². The predicted octanol–water partition coefficient (Wildman–Crippen LogP) is 5.17. The third-order valence-corrected chi connectivity index (χ3v) is 9.48. The molecule has 12 heteroatoms. The van der Waals surface area contributed by atoms with Gasteiger partial charge < -0.3 is 9.64 Å². The molecule has 3 aliphatic rings. The van der Waals surface area contributed by atoms with Gasteiger partial charge in [-0.05, 0) is 74.6 Å². The van der Waals surface area contributed by atoms with E-state index in [1.165, 1.54) is 12.1 Å². The molecule has 1 atom stereocenters. The summed E-state index contributed by atoms with van der Waals surface area (Å²) in [4.78, 5) is 18.6. The third kappa shape index (κ3) is 5.32. The first-order valence-electron chi connectivity index (χ1n) is 12.8. The van der Waals surface area contributed by atoms with Crippen molar-refractivity contribution in [2.24, 2.45) is 0 Å². The molecule has 1 amide bonds. The number of aromatic nitrogens is 1. The molecule has 0 bridgehead atoms. The van der Waals surface area contributed by atoms with Gasteiger partial charge in [-0.3, -0.25) is 4.79 Å². The van der Waals surface area contributed by atoms with E-state index in [9.17, 15) is 26.4 Å². The number of halogens is 4. The zero-order valence-corrected chi connectivity index (χ0v) is 21.7. The first-order chi connectivity index (χ1) is 17.9. The lowest BCUT2D eigenvalue weighted by atomic mass is 9.93. The minimum atomic E-state index is -4.48. The Bertz CT molecular complexity index is 1330. The van der Waals surface area contributed by atoms with Gasteiger partial charge in [-0.15, -0.1) is 0 Å². The van der Waals surface area contributed by atoms with Gasteiger partial charge in [0.2, 0.25) is 10.0 Å². The van der Waals surface area contributed by atoms with Gasteiger partial charge in [-0.25, -0.2) is 22.5 Å². The molecule has 7 nitrogen and oxygen atoms in total. The summed E-state index contributed by atoms with van der Waals surface area (Å²) >= 11 is 0. The number of alkyl halides is 3. The van der Waals surface area contributed by atoms with Crippen molar-refractivity contribution in [3.05, 3.63) is 53.0 Å². The normalized spacial score (nSPS) is 22.0. The Morgan fingerprint density at radius 3 is 2.53 bits per heavy atom. The van der Waals surface area contributed by atoms with Gasteiger partial charge in [0, 0.05) is 18.8 Å². The average Bonchev–Trinajstić information content (AvgIpc) is 3.79. The fourth-order valence-corrected chi connectivity index (χ4v) is 6.36. The fourth-order valence-electron chi connectivity index (χ4n) is 5.07. The molecule has 1 aromatic carbocycles. The highest BCUT2D eigenvalue weighted by Gasteiger charge is 2.42. The van der Waals surface area contributed by atoms with E-state index in [0.717, 1.165) is 37.6 Å². The molecule has 1 N–H and O–H groups in total. The van der Waals surface area contributed by atoms with Crippen molar-refractivity contribution < 1.29 is 35.5 Å². The number of ether oxygens (including phenoxy) is 1. The monoisotopic (exact) mass is 555 g/mol. The highest BCUT2D eigenvalue weighted by Crippen LogP contribution is 2.46. The molecule has 5 rings (SSSR count). The molecule has 2 heterocycles. The Morgan fingerprint density at radius 1 is 1.21 bits per heavy atom. The summed E-state index contributed by atoms with van der Waals surface area (Å²) in [6, 6.07) is 4.88. The van der Waals surface area contributed by atoms with E-state index < -0.39 is 44.3 Å². The van der Waals surface area contributed by atoms with E-state index >= 15 is 4.39 Å². The van der Waals surface area contributed by atoms with Crippen LogP contribution < -0.4 is 14.4 Å². The highest BCUT2D eigenvalue weighted by molar-refractivity contribution is 7.91. The van der Waals surface area contributed by atoms with Crippen molar-refractivity contribution in [3.63, 3.8) is 0 Å². The molecular weight excluding hydrogens is 526 g/mol. The summed E-state index contributed by atoms with van der Waals surface area (Å²) in [6.45, 7) is 2.70. The molecule has 206 valence electrons. The van der Waals surface area contributed by atoms with E-state index in [-0.39, 0.29) is 23.8 Å². The summed E-state index contributed by atoms with van der Waals surface area (Å²) in [5, 5.41) is -0.612. The number of hydrogen-bond donors (Lipinski definition) is 1. The lowest BCUT2D eigenvalue weighted by Gasteiger charge is -2.38. The summed E-state index contributed by atoms with van der Waals surface area (Å²) in [7, 11) is -3.83. The minimum Gasteiger partial charge on any atom is -0.491 e. The second kappa shape index (κ2) is 9.69. The first kappa shape index (κ1) is 26.7. The maximum Gasteiger partial charge on any atom is 0.417 e. The van der Waals surface area contributed by atoms with E-state index in [4.69, 9.17) is 4.74 Å². The van der Waals surface area contributed by atoms with Gasteiger partial charge in [0.25, 0.3) is 5.91 Å². The first-order valence-corrected chi connectivity index (χ1v) is 14.3. The number of hydrogen-bond acceptors (Lipinski definition) is 6. The smallest absolute Gasteiger partial charge is 0.417 e. The number of pyridine rings is 1. The van der Waals surface area contributed by atoms with Gasteiger partial charge in [0.05, 0.1) is 21.9 Å². The highest BCUT2D eigenvalue weighted by atomic mass is 32.2. The van der Waals surface area contributed by atoms with Crippen LogP contribution in [0.15, 0.2) is 30.5 Å². The van der Waals surface area contributed by atoms with Crippen molar-refractivity contribution in [1.82, 2.24) is 9.71 Å². The molecule has 38 heavy (non-hydrogen) atoms. The molecule has 1 aliphatic heterocycles.